The summed E-state index contributed by atoms with van der Waals surface area (Å²) < 4.78 is 28.0. The highest BCUT2D eigenvalue weighted by atomic mass is 19.1. The van der Waals surface area contributed by atoms with Crippen molar-refractivity contribution in [1.82, 2.24) is 10.6 Å². The summed E-state index contributed by atoms with van der Waals surface area (Å²) in [5.41, 5.74) is -1.11. The second-order valence-corrected chi connectivity index (χ2v) is 6.49. The van der Waals surface area contributed by atoms with Gasteiger partial charge in [-0.3, -0.25) is 9.59 Å². The van der Waals surface area contributed by atoms with Crippen LogP contribution >= 0.6 is 0 Å². The molecule has 0 radical (unpaired) electrons. The number of hydrogen-bond donors (Lipinski definition) is 3. The Labute approximate surface area is 139 Å². The number of amides is 2. The Balaban J connectivity index is 2.17. The second-order valence-electron chi connectivity index (χ2n) is 6.49. The Morgan fingerprint density at radius 2 is 1.92 bits per heavy atom. The summed E-state index contributed by atoms with van der Waals surface area (Å²) >= 11 is 0. The lowest BCUT2D eigenvalue weighted by atomic mass is 9.95. The fourth-order valence-electron chi connectivity index (χ4n) is 2.86. The predicted octanol–water partition coefficient (Wildman–Crippen LogP) is 1.81. The minimum atomic E-state index is -1.12. The quantitative estimate of drug-likeness (QED) is 0.708. The fraction of sp³-hybridized carbons (Fsp3) is 0.529. The molecule has 1 aromatic rings. The van der Waals surface area contributed by atoms with E-state index in [0.29, 0.717) is 0 Å². The van der Waals surface area contributed by atoms with Crippen molar-refractivity contribution >= 4 is 11.8 Å². The standard InChI is InChI=1S/C17H22F2N2O3/c1-10(23)20-14(16-12(18)4-3-5-13(16)19)8-15(24)21-17(2,9-22)11-6-7-11/h3-5,11,14,22H,6-9H2,1-2H3,(H,20,23)(H,21,24). The van der Waals surface area contributed by atoms with E-state index >= 15 is 0 Å². The van der Waals surface area contributed by atoms with Gasteiger partial charge in [0.1, 0.15) is 11.6 Å². The van der Waals surface area contributed by atoms with Crippen molar-refractivity contribution in [3.05, 3.63) is 35.4 Å². The van der Waals surface area contributed by atoms with Gasteiger partial charge in [-0.05, 0) is 37.8 Å². The van der Waals surface area contributed by atoms with E-state index in [-0.39, 0.29) is 24.5 Å². The molecule has 0 aliphatic heterocycles. The summed E-state index contributed by atoms with van der Waals surface area (Å²) in [7, 11) is 0. The summed E-state index contributed by atoms with van der Waals surface area (Å²) in [6.07, 6.45) is 1.50. The van der Waals surface area contributed by atoms with Gasteiger partial charge in [0.25, 0.3) is 0 Å². The van der Waals surface area contributed by atoms with Crippen LogP contribution < -0.4 is 10.6 Å². The number of benzene rings is 1. The summed E-state index contributed by atoms with van der Waals surface area (Å²) in [5, 5.41) is 14.7. The van der Waals surface area contributed by atoms with Crippen LogP contribution in [0.5, 0.6) is 0 Å². The van der Waals surface area contributed by atoms with Crippen LogP contribution in [0, 0.1) is 17.6 Å². The van der Waals surface area contributed by atoms with E-state index in [0.717, 1.165) is 25.0 Å². The van der Waals surface area contributed by atoms with Gasteiger partial charge in [-0.1, -0.05) is 6.07 Å². The molecule has 132 valence electrons. The van der Waals surface area contributed by atoms with Gasteiger partial charge < -0.3 is 15.7 Å². The van der Waals surface area contributed by atoms with Crippen molar-refractivity contribution in [3.63, 3.8) is 0 Å². The lowest BCUT2D eigenvalue weighted by molar-refractivity contribution is -0.125. The number of aliphatic hydroxyl groups excluding tert-OH is 1. The molecular weight excluding hydrogens is 318 g/mol. The predicted molar refractivity (Wildman–Crippen MR) is 83.9 cm³/mol. The van der Waals surface area contributed by atoms with Crippen LogP contribution in [0.25, 0.3) is 0 Å². The van der Waals surface area contributed by atoms with Crippen molar-refractivity contribution < 1.29 is 23.5 Å². The van der Waals surface area contributed by atoms with E-state index in [2.05, 4.69) is 10.6 Å². The lowest BCUT2D eigenvalue weighted by Crippen LogP contribution is -2.51. The van der Waals surface area contributed by atoms with Gasteiger partial charge in [0.15, 0.2) is 0 Å². The molecule has 1 aliphatic rings. The van der Waals surface area contributed by atoms with Crippen molar-refractivity contribution in [2.45, 2.75) is 44.7 Å². The van der Waals surface area contributed by atoms with Crippen LogP contribution in [0.4, 0.5) is 8.78 Å². The molecule has 0 saturated heterocycles. The molecule has 2 rings (SSSR count). The summed E-state index contributed by atoms with van der Waals surface area (Å²) in [4.78, 5) is 23.7. The van der Waals surface area contributed by atoms with Crippen LogP contribution in [0.1, 0.15) is 44.7 Å². The van der Waals surface area contributed by atoms with Crippen molar-refractivity contribution in [2.24, 2.45) is 5.92 Å². The number of rotatable bonds is 7. The first-order valence-electron chi connectivity index (χ1n) is 7.89. The number of hydrogen-bond acceptors (Lipinski definition) is 3. The first-order valence-corrected chi connectivity index (χ1v) is 7.89. The zero-order chi connectivity index (χ0) is 17.9. The average Bonchev–Trinajstić information content (AvgIpc) is 3.31. The SMILES string of the molecule is CC(=O)NC(CC(=O)NC(C)(CO)C1CC1)c1c(F)cccc1F. The third kappa shape index (κ3) is 4.29. The Kier molecular flexibility index (Phi) is 5.54. The van der Waals surface area contributed by atoms with Crippen LogP contribution in [0.15, 0.2) is 18.2 Å². The Morgan fingerprint density at radius 1 is 1.33 bits per heavy atom. The van der Waals surface area contributed by atoms with Crippen LogP contribution in [0.3, 0.4) is 0 Å². The van der Waals surface area contributed by atoms with Crippen LogP contribution in [0.2, 0.25) is 0 Å². The van der Waals surface area contributed by atoms with E-state index in [9.17, 15) is 23.5 Å². The summed E-state index contributed by atoms with van der Waals surface area (Å²) in [6.45, 7) is 2.73. The first kappa shape index (κ1) is 18.3. The molecule has 7 heteroatoms. The molecular formula is C17H22F2N2O3. The number of aliphatic hydroxyl groups is 1. The molecule has 3 N–H and O–H groups in total. The van der Waals surface area contributed by atoms with Crippen molar-refractivity contribution in [3.8, 4) is 0 Å². The van der Waals surface area contributed by atoms with Gasteiger partial charge in [-0.25, -0.2) is 8.78 Å². The van der Waals surface area contributed by atoms with Crippen molar-refractivity contribution in [2.75, 3.05) is 6.61 Å². The smallest absolute Gasteiger partial charge is 0.222 e. The maximum atomic E-state index is 14.0. The second kappa shape index (κ2) is 7.25. The van der Waals surface area contributed by atoms with Gasteiger partial charge in [0.2, 0.25) is 11.8 Å². The molecule has 0 bridgehead atoms. The lowest BCUT2D eigenvalue weighted by Gasteiger charge is -2.30. The average molecular weight is 340 g/mol. The normalized spacial score (nSPS) is 17.7. The Hall–Kier alpha value is -2.02. The summed E-state index contributed by atoms with van der Waals surface area (Å²) in [6, 6.07) is 2.25. The zero-order valence-corrected chi connectivity index (χ0v) is 13.7. The van der Waals surface area contributed by atoms with E-state index in [4.69, 9.17) is 0 Å². The molecule has 0 spiro atoms. The third-order valence-electron chi connectivity index (χ3n) is 4.35. The first-order chi connectivity index (χ1) is 11.3. The molecule has 1 aromatic carbocycles. The van der Waals surface area contributed by atoms with Crippen LogP contribution in [-0.2, 0) is 9.59 Å². The van der Waals surface area contributed by atoms with Gasteiger partial charge in [0.05, 0.1) is 24.6 Å². The van der Waals surface area contributed by atoms with E-state index in [1.165, 1.54) is 13.0 Å². The molecule has 1 aliphatic carbocycles. The monoisotopic (exact) mass is 340 g/mol. The largest absolute Gasteiger partial charge is 0.394 e. The fourth-order valence-corrected chi connectivity index (χ4v) is 2.86. The number of nitrogens with one attached hydrogen (secondary N) is 2. The minimum absolute atomic E-state index is 0.191. The van der Waals surface area contributed by atoms with Crippen LogP contribution in [-0.4, -0.2) is 29.1 Å². The molecule has 5 nitrogen and oxygen atoms in total. The number of halogens is 2. The van der Waals surface area contributed by atoms with Crippen molar-refractivity contribution in [1.29, 1.82) is 0 Å². The van der Waals surface area contributed by atoms with Gasteiger partial charge in [0, 0.05) is 12.5 Å². The maximum Gasteiger partial charge on any atom is 0.222 e. The Bertz CT molecular complexity index is 614. The van der Waals surface area contributed by atoms with E-state index in [1.54, 1.807) is 6.92 Å². The van der Waals surface area contributed by atoms with E-state index in [1.807, 2.05) is 0 Å². The van der Waals surface area contributed by atoms with E-state index < -0.39 is 35.0 Å². The molecule has 1 fully saturated rings. The molecule has 0 heterocycles. The molecule has 2 unspecified atom stereocenters. The maximum absolute atomic E-state index is 14.0. The molecule has 2 atom stereocenters. The van der Waals surface area contributed by atoms with Gasteiger partial charge in [-0.2, -0.15) is 0 Å². The molecule has 1 saturated carbocycles. The highest BCUT2D eigenvalue weighted by Crippen LogP contribution is 2.39. The highest BCUT2D eigenvalue weighted by molar-refractivity contribution is 5.79. The number of carbonyl (C=O) groups excluding carboxylic acids is 2. The van der Waals surface area contributed by atoms with Gasteiger partial charge >= 0.3 is 0 Å². The zero-order valence-electron chi connectivity index (χ0n) is 13.7. The summed E-state index contributed by atoms with van der Waals surface area (Å²) in [5.74, 6) is -2.44. The van der Waals surface area contributed by atoms with Gasteiger partial charge in [-0.15, -0.1) is 0 Å². The minimum Gasteiger partial charge on any atom is -0.394 e. The molecule has 0 aromatic heterocycles. The highest BCUT2D eigenvalue weighted by Gasteiger charge is 2.42. The molecule has 2 amide bonds. The molecule has 24 heavy (non-hydrogen) atoms. The Morgan fingerprint density at radius 3 is 2.38 bits per heavy atom. The number of carbonyl (C=O) groups is 2. The third-order valence-corrected chi connectivity index (χ3v) is 4.35. The topological polar surface area (TPSA) is 78.4 Å².